The molecule has 1 aliphatic heterocycles. The molecule has 0 atom stereocenters. The van der Waals surface area contributed by atoms with Gasteiger partial charge >= 0.3 is 12.2 Å². The van der Waals surface area contributed by atoms with Crippen LogP contribution in [-0.4, -0.2) is 64.2 Å². The molecule has 0 bridgehead atoms. The van der Waals surface area contributed by atoms with E-state index in [0.29, 0.717) is 31.1 Å². The lowest BCUT2D eigenvalue weighted by Gasteiger charge is -2.19. The molecule has 4 rings (SSSR count). The number of alkyl halides is 3. The molecule has 0 aromatic carbocycles. The fourth-order valence-corrected chi connectivity index (χ4v) is 3.23. The summed E-state index contributed by atoms with van der Waals surface area (Å²) in [5.41, 5.74) is 0.443. The average Bonchev–Trinajstić information content (AvgIpc) is 3.52. The molecule has 0 unspecified atom stereocenters. The van der Waals surface area contributed by atoms with Gasteiger partial charge in [0.2, 0.25) is 11.8 Å². The third-order valence-electron chi connectivity index (χ3n) is 5.06. The Labute approximate surface area is 181 Å². The van der Waals surface area contributed by atoms with E-state index in [9.17, 15) is 22.8 Å². The van der Waals surface area contributed by atoms with Gasteiger partial charge in [0.15, 0.2) is 6.61 Å². The summed E-state index contributed by atoms with van der Waals surface area (Å²) in [7, 11) is 0. The number of carbonyl (C=O) groups is 2. The van der Waals surface area contributed by atoms with Crippen molar-refractivity contribution in [3.05, 3.63) is 41.9 Å². The molecule has 3 amide bonds. The van der Waals surface area contributed by atoms with E-state index in [1.807, 2.05) is 0 Å². The van der Waals surface area contributed by atoms with Crippen LogP contribution in [0.4, 0.5) is 23.9 Å². The quantitative estimate of drug-likeness (QED) is 0.663. The zero-order valence-corrected chi connectivity index (χ0v) is 17.0. The number of aromatic nitrogens is 3. The van der Waals surface area contributed by atoms with E-state index in [0.717, 1.165) is 12.8 Å². The largest absolute Gasteiger partial charge is 0.468 e. The number of nitrogens with zero attached hydrogens (tertiary/aromatic N) is 5. The number of amides is 3. The van der Waals surface area contributed by atoms with Gasteiger partial charge in [-0.1, -0.05) is 0 Å². The van der Waals surface area contributed by atoms with Crippen molar-refractivity contribution in [2.24, 2.45) is 5.92 Å². The Balaban J connectivity index is 1.49. The van der Waals surface area contributed by atoms with Crippen molar-refractivity contribution in [3.63, 3.8) is 0 Å². The van der Waals surface area contributed by atoms with Crippen molar-refractivity contribution in [2.45, 2.75) is 25.6 Å². The first kappa shape index (κ1) is 21.8. The van der Waals surface area contributed by atoms with Crippen molar-refractivity contribution < 1.29 is 27.5 Å². The lowest BCUT2D eigenvalue weighted by molar-refractivity contribution is -0.154. The Morgan fingerprint density at radius 1 is 1.25 bits per heavy atom. The minimum Gasteiger partial charge on any atom is -0.468 e. The molecule has 32 heavy (non-hydrogen) atoms. The molecule has 0 spiro atoms. The molecule has 2 aromatic heterocycles. The van der Waals surface area contributed by atoms with Crippen molar-refractivity contribution in [3.8, 4) is 5.88 Å². The molecular weight excluding hydrogens is 429 g/mol. The highest BCUT2D eigenvalue weighted by atomic mass is 19.4. The maximum Gasteiger partial charge on any atom is 0.422 e. The van der Waals surface area contributed by atoms with Crippen LogP contribution in [0.2, 0.25) is 0 Å². The Kier molecular flexibility index (Phi) is 6.10. The van der Waals surface area contributed by atoms with Crippen LogP contribution in [0.25, 0.3) is 0 Å². The van der Waals surface area contributed by atoms with Gasteiger partial charge < -0.3 is 15.0 Å². The van der Waals surface area contributed by atoms with Gasteiger partial charge in [-0.05, 0) is 30.9 Å². The van der Waals surface area contributed by atoms with Gasteiger partial charge in [-0.25, -0.2) is 9.78 Å². The summed E-state index contributed by atoms with van der Waals surface area (Å²) in [5.74, 6) is -0.328. The summed E-state index contributed by atoms with van der Waals surface area (Å²) in [6, 6.07) is 2.86. The van der Waals surface area contributed by atoms with Crippen LogP contribution >= 0.6 is 0 Å². The molecule has 1 saturated carbocycles. The molecule has 1 N–H and O–H groups in total. The van der Waals surface area contributed by atoms with E-state index >= 15 is 0 Å². The smallest absolute Gasteiger partial charge is 0.422 e. The number of ether oxygens (including phenoxy) is 1. The second-order valence-electron chi connectivity index (χ2n) is 7.65. The number of pyridine rings is 1. The lowest BCUT2D eigenvalue weighted by atomic mass is 10.2. The van der Waals surface area contributed by atoms with Gasteiger partial charge in [-0.2, -0.15) is 18.2 Å². The molecular formula is C20H21F3N6O3. The number of anilines is 1. The van der Waals surface area contributed by atoms with Crippen LogP contribution in [0.1, 0.15) is 28.8 Å². The maximum atomic E-state index is 12.7. The summed E-state index contributed by atoms with van der Waals surface area (Å²) in [6.07, 6.45) is 1.74. The third-order valence-corrected chi connectivity index (χ3v) is 5.06. The van der Waals surface area contributed by atoms with Crippen LogP contribution < -0.4 is 15.0 Å². The van der Waals surface area contributed by atoms with Gasteiger partial charge in [0.1, 0.15) is 0 Å². The summed E-state index contributed by atoms with van der Waals surface area (Å²) in [4.78, 5) is 39.9. The number of rotatable bonds is 8. The normalized spacial score (nSPS) is 16.4. The first-order chi connectivity index (χ1) is 15.3. The van der Waals surface area contributed by atoms with E-state index in [4.69, 9.17) is 4.74 Å². The Hall–Kier alpha value is -3.44. The number of carbonyl (C=O) groups excluding carboxylic acids is 2. The first-order valence-electron chi connectivity index (χ1n) is 10.1. The van der Waals surface area contributed by atoms with Crippen LogP contribution in [-0.2, 0) is 6.54 Å². The van der Waals surface area contributed by atoms with Gasteiger partial charge in [-0.3, -0.25) is 14.7 Å². The van der Waals surface area contributed by atoms with Crippen LogP contribution in [0.3, 0.4) is 0 Å². The van der Waals surface area contributed by atoms with Crippen LogP contribution in [0.5, 0.6) is 5.88 Å². The monoisotopic (exact) mass is 450 g/mol. The minimum atomic E-state index is -4.58. The zero-order valence-electron chi connectivity index (χ0n) is 17.0. The summed E-state index contributed by atoms with van der Waals surface area (Å²) < 4.78 is 43.1. The summed E-state index contributed by atoms with van der Waals surface area (Å²) in [6.45, 7) is -0.232. The van der Waals surface area contributed by atoms with Crippen molar-refractivity contribution >= 4 is 17.9 Å². The van der Waals surface area contributed by atoms with E-state index in [-0.39, 0.29) is 30.0 Å². The Morgan fingerprint density at radius 3 is 2.75 bits per heavy atom. The molecule has 2 aromatic rings. The van der Waals surface area contributed by atoms with E-state index in [1.165, 1.54) is 23.5 Å². The number of hydrogen-bond acceptors (Lipinski definition) is 6. The molecule has 2 fully saturated rings. The highest BCUT2D eigenvalue weighted by Crippen LogP contribution is 2.31. The predicted octanol–water partition coefficient (Wildman–Crippen LogP) is 2.39. The van der Waals surface area contributed by atoms with Crippen molar-refractivity contribution in [1.29, 1.82) is 0 Å². The van der Waals surface area contributed by atoms with Crippen LogP contribution in [0.15, 0.2) is 30.7 Å². The van der Waals surface area contributed by atoms with E-state index in [2.05, 4.69) is 20.3 Å². The van der Waals surface area contributed by atoms with E-state index < -0.39 is 18.7 Å². The molecule has 0 radical (unpaired) electrons. The predicted molar refractivity (Wildman–Crippen MR) is 106 cm³/mol. The zero-order chi connectivity index (χ0) is 22.7. The fraction of sp³-hybridized carbons (Fsp3) is 0.450. The number of nitrogens with one attached hydrogen (secondary N) is 1. The Bertz CT molecular complexity index is 984. The minimum absolute atomic E-state index is 0.0344. The van der Waals surface area contributed by atoms with Crippen molar-refractivity contribution in [1.82, 2.24) is 25.2 Å². The molecule has 9 nitrogen and oxygen atoms in total. The highest BCUT2D eigenvalue weighted by Gasteiger charge is 2.36. The topological polar surface area (TPSA) is 101 Å². The van der Waals surface area contributed by atoms with Gasteiger partial charge in [0.05, 0.1) is 11.1 Å². The maximum absolute atomic E-state index is 12.7. The standard InChI is InChI=1S/C20H21F3N6O3/c21-20(22,23)12-32-17-15(9-25-16(30)14-2-1-5-24-8-14)10-26-18(27-17)29-7-6-28(19(29)31)11-13-3-4-13/h1-2,5,8,10,13H,3-4,6-7,9,11-12H2,(H,25,30). The Morgan fingerprint density at radius 2 is 2.06 bits per heavy atom. The molecule has 12 heteroatoms. The van der Waals surface area contributed by atoms with Gasteiger partial charge in [0.25, 0.3) is 5.91 Å². The molecule has 2 aliphatic rings. The summed E-state index contributed by atoms with van der Waals surface area (Å²) in [5, 5.41) is 2.58. The summed E-state index contributed by atoms with van der Waals surface area (Å²) >= 11 is 0. The SMILES string of the molecule is O=C(NCc1cnc(N2CCN(CC3CC3)C2=O)nc1OCC(F)(F)F)c1cccnc1. The average molecular weight is 450 g/mol. The lowest BCUT2D eigenvalue weighted by Crippen LogP contribution is -2.34. The first-order valence-corrected chi connectivity index (χ1v) is 10.1. The van der Waals surface area contributed by atoms with Crippen LogP contribution in [0, 0.1) is 5.92 Å². The van der Waals surface area contributed by atoms with Gasteiger partial charge in [0, 0.05) is 44.8 Å². The van der Waals surface area contributed by atoms with Crippen molar-refractivity contribution in [2.75, 3.05) is 31.1 Å². The molecule has 1 aliphatic carbocycles. The fourth-order valence-electron chi connectivity index (χ4n) is 3.23. The third kappa shape index (κ3) is 5.42. The second kappa shape index (κ2) is 8.97. The second-order valence-corrected chi connectivity index (χ2v) is 7.65. The molecule has 3 heterocycles. The number of halogens is 3. The highest BCUT2D eigenvalue weighted by molar-refractivity contribution is 5.94. The number of hydrogen-bond donors (Lipinski definition) is 1. The van der Waals surface area contributed by atoms with E-state index in [1.54, 1.807) is 17.0 Å². The number of urea groups is 1. The molecule has 170 valence electrons. The van der Waals surface area contributed by atoms with Gasteiger partial charge in [-0.15, -0.1) is 0 Å². The molecule has 1 saturated heterocycles.